The lowest BCUT2D eigenvalue weighted by atomic mass is 9.85. The van der Waals surface area contributed by atoms with Gasteiger partial charge in [0.2, 0.25) is 0 Å². The van der Waals surface area contributed by atoms with E-state index in [9.17, 15) is 9.90 Å². The summed E-state index contributed by atoms with van der Waals surface area (Å²) < 4.78 is 1.81. The van der Waals surface area contributed by atoms with Gasteiger partial charge in [-0.2, -0.15) is 0 Å². The van der Waals surface area contributed by atoms with E-state index in [1.54, 1.807) is 0 Å². The third kappa shape index (κ3) is 2.25. The normalized spacial score (nSPS) is 27.2. The van der Waals surface area contributed by atoms with Gasteiger partial charge >= 0.3 is 0 Å². The van der Waals surface area contributed by atoms with Crippen LogP contribution < -0.4 is 5.56 Å². The summed E-state index contributed by atoms with van der Waals surface area (Å²) >= 11 is 0. The van der Waals surface area contributed by atoms with E-state index in [0.29, 0.717) is 5.92 Å². The molecule has 3 rings (SSSR count). The number of aromatic nitrogens is 1. The molecular weight excluding hydrogens is 238 g/mol. The number of hydrogen-bond donors (Lipinski definition) is 1. The minimum atomic E-state index is -0.347. The van der Waals surface area contributed by atoms with Crippen LogP contribution in [0.5, 0.6) is 0 Å². The highest BCUT2D eigenvalue weighted by molar-refractivity contribution is 5.30. The zero-order valence-electron chi connectivity index (χ0n) is 12.0. The van der Waals surface area contributed by atoms with Crippen molar-refractivity contribution in [3.63, 3.8) is 0 Å². The Labute approximate surface area is 114 Å². The minimum Gasteiger partial charge on any atom is -0.391 e. The molecule has 0 bridgehead atoms. The highest BCUT2D eigenvalue weighted by Crippen LogP contribution is 2.41. The summed E-state index contributed by atoms with van der Waals surface area (Å²) in [5.74, 6) is 0.630. The summed E-state index contributed by atoms with van der Waals surface area (Å²) in [6, 6.07) is 2.09. The van der Waals surface area contributed by atoms with Crippen molar-refractivity contribution in [1.29, 1.82) is 0 Å². The molecule has 0 saturated heterocycles. The van der Waals surface area contributed by atoms with Crippen molar-refractivity contribution >= 4 is 0 Å². The highest BCUT2D eigenvalue weighted by atomic mass is 16.3. The Balaban J connectivity index is 2.12. The second-order valence-electron chi connectivity index (χ2n) is 7.14. The first kappa shape index (κ1) is 12.9. The first-order valence-corrected chi connectivity index (χ1v) is 7.32. The second-order valence-corrected chi connectivity index (χ2v) is 7.14. The number of nitrogens with zero attached hydrogens (tertiary/aromatic N) is 1. The lowest BCUT2D eigenvalue weighted by Crippen LogP contribution is -2.41. The molecule has 2 aliphatic rings. The summed E-state index contributed by atoms with van der Waals surface area (Å²) in [5.41, 5.74) is 2.11. The van der Waals surface area contributed by atoms with Crippen molar-refractivity contribution in [2.24, 2.45) is 0 Å². The zero-order chi connectivity index (χ0) is 13.8. The molecule has 0 spiro atoms. The largest absolute Gasteiger partial charge is 0.391 e. The van der Waals surface area contributed by atoms with Crippen LogP contribution in [0.1, 0.15) is 69.5 Å². The summed E-state index contributed by atoms with van der Waals surface area (Å²) in [4.78, 5) is 12.6. The molecule has 0 aromatic carbocycles. The van der Waals surface area contributed by atoms with Gasteiger partial charge in [0, 0.05) is 11.8 Å². The molecule has 2 atom stereocenters. The van der Waals surface area contributed by atoms with Gasteiger partial charge in [-0.1, -0.05) is 20.8 Å². The molecule has 0 aliphatic heterocycles. The molecule has 2 aliphatic carbocycles. The summed E-state index contributed by atoms with van der Waals surface area (Å²) in [6.45, 7) is 6.26. The van der Waals surface area contributed by atoms with Crippen molar-refractivity contribution in [2.45, 2.75) is 69.9 Å². The van der Waals surface area contributed by atoms with Crippen LogP contribution in [0.15, 0.2) is 17.1 Å². The minimum absolute atomic E-state index is 0.00713. The monoisotopic (exact) mass is 261 g/mol. The van der Waals surface area contributed by atoms with Crippen LogP contribution in [0.2, 0.25) is 0 Å². The molecule has 19 heavy (non-hydrogen) atoms. The van der Waals surface area contributed by atoms with E-state index < -0.39 is 0 Å². The van der Waals surface area contributed by atoms with Crippen molar-refractivity contribution in [2.75, 3.05) is 0 Å². The van der Waals surface area contributed by atoms with Gasteiger partial charge in [-0.15, -0.1) is 0 Å². The predicted molar refractivity (Wildman–Crippen MR) is 75.7 cm³/mol. The van der Waals surface area contributed by atoms with Crippen LogP contribution in [0.3, 0.4) is 0 Å². The van der Waals surface area contributed by atoms with Gasteiger partial charge < -0.3 is 9.67 Å². The summed E-state index contributed by atoms with van der Waals surface area (Å²) in [6.07, 6.45) is 5.85. The van der Waals surface area contributed by atoms with E-state index in [2.05, 4.69) is 26.8 Å². The van der Waals surface area contributed by atoms with E-state index in [4.69, 9.17) is 0 Å². The van der Waals surface area contributed by atoms with Crippen LogP contribution >= 0.6 is 0 Å². The van der Waals surface area contributed by atoms with Crippen LogP contribution in [-0.2, 0) is 5.41 Å². The van der Waals surface area contributed by atoms with Gasteiger partial charge in [0.1, 0.15) is 0 Å². The van der Waals surface area contributed by atoms with E-state index >= 15 is 0 Å². The Morgan fingerprint density at radius 2 is 1.89 bits per heavy atom. The average Bonchev–Trinajstić information content (AvgIpc) is 3.12. The molecule has 1 heterocycles. The average molecular weight is 261 g/mol. The molecule has 3 heteroatoms. The Morgan fingerprint density at radius 1 is 1.21 bits per heavy atom. The molecule has 2 saturated carbocycles. The van der Waals surface area contributed by atoms with Gasteiger partial charge in [0.05, 0.1) is 12.1 Å². The number of aliphatic hydroxyl groups excluding tert-OH is 1. The van der Waals surface area contributed by atoms with E-state index in [0.717, 1.165) is 18.4 Å². The summed E-state index contributed by atoms with van der Waals surface area (Å²) in [7, 11) is 0. The van der Waals surface area contributed by atoms with Crippen molar-refractivity contribution in [1.82, 2.24) is 4.57 Å². The first-order chi connectivity index (χ1) is 8.88. The molecule has 2 unspecified atom stereocenters. The van der Waals surface area contributed by atoms with Crippen LogP contribution in [0.25, 0.3) is 0 Å². The summed E-state index contributed by atoms with van der Waals surface area (Å²) in [5, 5.41) is 9.86. The maximum atomic E-state index is 12.6. The molecule has 1 N–H and O–H groups in total. The Kier molecular flexibility index (Phi) is 2.86. The first-order valence-electron chi connectivity index (χ1n) is 7.32. The van der Waals surface area contributed by atoms with Gasteiger partial charge in [-0.05, 0) is 48.6 Å². The second kappa shape index (κ2) is 4.20. The third-order valence-electron chi connectivity index (χ3n) is 4.48. The fraction of sp³-hybridized carbons (Fsp3) is 0.688. The van der Waals surface area contributed by atoms with E-state index in [1.165, 1.54) is 18.4 Å². The quantitative estimate of drug-likeness (QED) is 0.889. The maximum absolute atomic E-state index is 12.6. The standard InChI is InChI=1S/C16H23NO2/c1-16(2,3)12-8-11(10-4-5-10)9-17(15(12)19)13-6-7-14(13)18/h8-10,13-14,18H,4-7H2,1-3H3. The third-order valence-corrected chi connectivity index (χ3v) is 4.48. The van der Waals surface area contributed by atoms with Gasteiger partial charge in [0.25, 0.3) is 5.56 Å². The molecule has 2 fully saturated rings. The number of pyridine rings is 1. The highest BCUT2D eigenvalue weighted by Gasteiger charge is 2.34. The van der Waals surface area contributed by atoms with Gasteiger partial charge in [-0.25, -0.2) is 0 Å². The molecule has 3 nitrogen and oxygen atoms in total. The predicted octanol–water partition coefficient (Wildman–Crippen LogP) is 2.72. The molecular formula is C16H23NO2. The lowest BCUT2D eigenvalue weighted by Gasteiger charge is -2.35. The van der Waals surface area contributed by atoms with E-state index in [-0.39, 0.29) is 23.1 Å². The van der Waals surface area contributed by atoms with Gasteiger partial charge in [0.15, 0.2) is 0 Å². The Bertz CT molecular complexity index is 549. The van der Waals surface area contributed by atoms with Crippen LogP contribution in [0, 0.1) is 0 Å². The maximum Gasteiger partial charge on any atom is 0.254 e. The Hall–Kier alpha value is -1.09. The molecule has 104 valence electrons. The lowest BCUT2D eigenvalue weighted by molar-refractivity contribution is 0.0295. The fourth-order valence-electron chi connectivity index (χ4n) is 2.84. The SMILES string of the molecule is CC(C)(C)c1cc(C2CC2)cn(C2CCC2O)c1=O. The van der Waals surface area contributed by atoms with Crippen LogP contribution in [0.4, 0.5) is 0 Å². The smallest absolute Gasteiger partial charge is 0.254 e. The topological polar surface area (TPSA) is 42.2 Å². The van der Waals surface area contributed by atoms with Crippen molar-refractivity contribution < 1.29 is 5.11 Å². The zero-order valence-corrected chi connectivity index (χ0v) is 12.0. The molecule has 0 radical (unpaired) electrons. The van der Waals surface area contributed by atoms with E-state index in [1.807, 2.05) is 10.8 Å². The van der Waals surface area contributed by atoms with Crippen molar-refractivity contribution in [3.8, 4) is 0 Å². The fourth-order valence-corrected chi connectivity index (χ4v) is 2.84. The molecule has 0 amide bonds. The number of aliphatic hydroxyl groups is 1. The van der Waals surface area contributed by atoms with Crippen molar-refractivity contribution in [3.05, 3.63) is 33.7 Å². The van der Waals surface area contributed by atoms with Gasteiger partial charge in [-0.3, -0.25) is 4.79 Å². The number of rotatable bonds is 2. The van der Waals surface area contributed by atoms with Crippen LogP contribution in [-0.4, -0.2) is 15.8 Å². The molecule has 1 aromatic heterocycles. The molecule has 1 aromatic rings. The Morgan fingerprint density at radius 3 is 2.32 bits per heavy atom. The number of hydrogen-bond acceptors (Lipinski definition) is 2.